The van der Waals surface area contributed by atoms with Crippen LogP contribution in [-0.4, -0.2) is 58.3 Å². The number of hydrogen-bond donors (Lipinski definition) is 1. The second-order valence-electron chi connectivity index (χ2n) is 6.28. The summed E-state index contributed by atoms with van der Waals surface area (Å²) in [5, 5.41) is 0. The molecule has 0 bridgehead atoms. The smallest absolute Gasteiger partial charge is 0.344 e. The quantitative estimate of drug-likeness (QED) is 0.818. The monoisotopic (exact) mass is 334 g/mol. The third-order valence-electron chi connectivity index (χ3n) is 4.40. The average molecular weight is 334 g/mol. The van der Waals surface area contributed by atoms with Gasteiger partial charge in [0.2, 0.25) is 12.3 Å². The van der Waals surface area contributed by atoms with E-state index in [0.717, 1.165) is 44.5 Å². The Kier molecular flexibility index (Phi) is 6.96. The van der Waals surface area contributed by atoms with E-state index in [1.165, 1.54) is 19.0 Å². The van der Waals surface area contributed by atoms with E-state index >= 15 is 0 Å². The Morgan fingerprint density at radius 3 is 2.67 bits per heavy atom. The van der Waals surface area contributed by atoms with Crippen LogP contribution in [0.25, 0.3) is 0 Å². The van der Waals surface area contributed by atoms with Crippen molar-refractivity contribution < 1.29 is 9.59 Å². The summed E-state index contributed by atoms with van der Waals surface area (Å²) in [5.74, 6) is 0.630. The number of H-pyrrole nitrogens is 1. The summed E-state index contributed by atoms with van der Waals surface area (Å²) in [7, 11) is 0. The van der Waals surface area contributed by atoms with Gasteiger partial charge in [-0.15, -0.1) is 0 Å². The Labute approximate surface area is 142 Å². The fourth-order valence-electron chi connectivity index (χ4n) is 2.87. The standard InChI is InChI=1S/C9H17NO.C8H9N3O2/c1-2-3-6-9(11)10-7-4-5-8-10;12-5-11-3-6(4-11)7-1-2-9-8(13)10-7/h2-8H2,1H3;1-2,5-6H,3-4H2,(H,9,10,13). The van der Waals surface area contributed by atoms with E-state index in [1.807, 2.05) is 4.90 Å². The van der Waals surface area contributed by atoms with Crippen LogP contribution in [0.5, 0.6) is 0 Å². The van der Waals surface area contributed by atoms with Gasteiger partial charge in [-0.25, -0.2) is 9.78 Å². The zero-order chi connectivity index (χ0) is 17.4. The minimum atomic E-state index is -0.331. The second-order valence-corrected chi connectivity index (χ2v) is 6.28. The maximum absolute atomic E-state index is 11.3. The van der Waals surface area contributed by atoms with E-state index in [9.17, 15) is 14.4 Å². The molecule has 0 saturated carbocycles. The molecule has 24 heavy (non-hydrogen) atoms. The van der Waals surface area contributed by atoms with Crippen LogP contribution in [0, 0.1) is 0 Å². The van der Waals surface area contributed by atoms with E-state index in [0.29, 0.717) is 19.0 Å². The molecule has 0 aliphatic carbocycles. The van der Waals surface area contributed by atoms with Crippen LogP contribution in [0.3, 0.4) is 0 Å². The first-order chi connectivity index (χ1) is 11.6. The maximum Gasteiger partial charge on any atom is 0.345 e. The number of aromatic nitrogens is 2. The van der Waals surface area contributed by atoms with Gasteiger partial charge < -0.3 is 14.8 Å². The van der Waals surface area contributed by atoms with Gasteiger partial charge in [0.05, 0.1) is 0 Å². The number of carbonyl (C=O) groups is 2. The highest BCUT2D eigenvalue weighted by Crippen LogP contribution is 2.22. The van der Waals surface area contributed by atoms with Crippen LogP contribution in [0.4, 0.5) is 0 Å². The van der Waals surface area contributed by atoms with Crippen LogP contribution < -0.4 is 5.69 Å². The predicted octanol–water partition coefficient (Wildman–Crippen LogP) is 1.12. The van der Waals surface area contributed by atoms with Gasteiger partial charge in [0, 0.05) is 50.4 Å². The number of nitrogens with zero attached hydrogens (tertiary/aromatic N) is 3. The normalized spacial score (nSPS) is 17.0. The number of hydrogen-bond acceptors (Lipinski definition) is 4. The highest BCUT2D eigenvalue weighted by Gasteiger charge is 2.27. The topological polar surface area (TPSA) is 86.4 Å². The third kappa shape index (κ3) is 5.18. The lowest BCUT2D eigenvalue weighted by Gasteiger charge is -2.35. The van der Waals surface area contributed by atoms with Gasteiger partial charge in [0.1, 0.15) is 0 Å². The van der Waals surface area contributed by atoms with E-state index in [4.69, 9.17) is 0 Å². The molecule has 2 fully saturated rings. The molecule has 7 heteroatoms. The molecule has 2 aliphatic heterocycles. The Morgan fingerprint density at radius 1 is 1.38 bits per heavy atom. The summed E-state index contributed by atoms with van der Waals surface area (Å²) < 4.78 is 0. The second kappa shape index (κ2) is 9.20. The molecular formula is C17H26N4O3. The molecule has 0 unspecified atom stereocenters. The number of amides is 2. The minimum absolute atomic E-state index is 0.265. The molecule has 3 heterocycles. The highest BCUT2D eigenvalue weighted by molar-refractivity contribution is 5.76. The summed E-state index contributed by atoms with van der Waals surface area (Å²) in [6.07, 6.45) is 7.65. The first-order valence-electron chi connectivity index (χ1n) is 8.66. The average Bonchev–Trinajstić information content (AvgIpc) is 3.07. The molecule has 3 rings (SSSR count). The number of carbonyl (C=O) groups excluding carboxylic acids is 2. The van der Waals surface area contributed by atoms with Crippen molar-refractivity contribution in [1.29, 1.82) is 0 Å². The molecule has 2 amide bonds. The molecule has 0 radical (unpaired) electrons. The number of nitrogens with one attached hydrogen (secondary N) is 1. The first-order valence-corrected chi connectivity index (χ1v) is 8.66. The van der Waals surface area contributed by atoms with Crippen molar-refractivity contribution in [3.63, 3.8) is 0 Å². The molecule has 0 atom stereocenters. The summed E-state index contributed by atoms with van der Waals surface area (Å²) in [6.45, 7) is 5.50. The molecule has 1 N–H and O–H groups in total. The Hall–Kier alpha value is -2.18. The van der Waals surface area contributed by atoms with Crippen molar-refractivity contribution >= 4 is 12.3 Å². The van der Waals surface area contributed by atoms with Crippen LogP contribution in [-0.2, 0) is 9.59 Å². The largest absolute Gasteiger partial charge is 0.345 e. The van der Waals surface area contributed by atoms with Crippen molar-refractivity contribution in [3.05, 3.63) is 28.4 Å². The number of rotatable bonds is 5. The number of unbranched alkanes of at least 4 members (excludes halogenated alkanes) is 1. The molecular weight excluding hydrogens is 308 g/mol. The molecule has 132 valence electrons. The molecule has 1 aromatic heterocycles. The van der Waals surface area contributed by atoms with Crippen molar-refractivity contribution in [3.8, 4) is 0 Å². The SMILES string of the molecule is CCCCC(=O)N1CCCC1.O=CN1CC(c2ccnc(=O)[nH]2)C1. The van der Waals surface area contributed by atoms with Crippen molar-refractivity contribution in [2.24, 2.45) is 0 Å². The van der Waals surface area contributed by atoms with E-state index in [-0.39, 0.29) is 11.6 Å². The summed E-state index contributed by atoms with van der Waals surface area (Å²) >= 11 is 0. The third-order valence-corrected chi connectivity index (χ3v) is 4.40. The van der Waals surface area contributed by atoms with Gasteiger partial charge in [-0.05, 0) is 25.3 Å². The van der Waals surface area contributed by atoms with Gasteiger partial charge in [-0.1, -0.05) is 13.3 Å². The zero-order valence-electron chi connectivity index (χ0n) is 14.2. The molecule has 2 saturated heterocycles. The van der Waals surface area contributed by atoms with Crippen molar-refractivity contribution in [1.82, 2.24) is 19.8 Å². The molecule has 2 aliphatic rings. The van der Waals surface area contributed by atoms with Crippen molar-refractivity contribution in [2.45, 2.75) is 44.9 Å². The summed E-state index contributed by atoms with van der Waals surface area (Å²) in [6, 6.07) is 1.77. The molecule has 7 nitrogen and oxygen atoms in total. The van der Waals surface area contributed by atoms with Gasteiger partial charge in [0.15, 0.2) is 0 Å². The van der Waals surface area contributed by atoms with Gasteiger partial charge in [0.25, 0.3) is 0 Å². The lowest BCUT2D eigenvalue weighted by molar-refractivity contribution is -0.130. The number of aromatic amines is 1. The Balaban J connectivity index is 0.000000177. The van der Waals surface area contributed by atoms with E-state index < -0.39 is 0 Å². The first kappa shape index (κ1) is 18.2. The Bertz CT molecular complexity index is 589. The van der Waals surface area contributed by atoms with Crippen molar-refractivity contribution in [2.75, 3.05) is 26.2 Å². The number of likely N-dealkylation sites (tertiary alicyclic amines) is 2. The lowest BCUT2D eigenvalue weighted by atomic mass is 9.97. The van der Waals surface area contributed by atoms with Crippen LogP contribution in [0.2, 0.25) is 0 Å². The van der Waals surface area contributed by atoms with Gasteiger partial charge in [-0.2, -0.15) is 0 Å². The fraction of sp³-hybridized carbons (Fsp3) is 0.647. The summed E-state index contributed by atoms with van der Waals surface area (Å²) in [5.41, 5.74) is 0.528. The van der Waals surface area contributed by atoms with E-state index in [1.54, 1.807) is 11.0 Å². The fourth-order valence-corrected chi connectivity index (χ4v) is 2.87. The maximum atomic E-state index is 11.3. The zero-order valence-corrected chi connectivity index (χ0v) is 14.2. The van der Waals surface area contributed by atoms with Crippen LogP contribution in [0.15, 0.2) is 17.1 Å². The molecule has 0 aromatic carbocycles. The summed E-state index contributed by atoms with van der Waals surface area (Å²) in [4.78, 5) is 42.3. The van der Waals surface area contributed by atoms with Crippen LogP contribution >= 0.6 is 0 Å². The minimum Gasteiger partial charge on any atom is -0.344 e. The van der Waals surface area contributed by atoms with Gasteiger partial charge in [-0.3, -0.25) is 9.59 Å². The molecule has 1 aromatic rings. The van der Waals surface area contributed by atoms with E-state index in [2.05, 4.69) is 16.9 Å². The van der Waals surface area contributed by atoms with Crippen LogP contribution in [0.1, 0.15) is 50.6 Å². The highest BCUT2D eigenvalue weighted by atomic mass is 16.2. The Morgan fingerprint density at radius 2 is 2.08 bits per heavy atom. The molecule has 0 spiro atoms. The van der Waals surface area contributed by atoms with Gasteiger partial charge >= 0.3 is 5.69 Å². The lowest BCUT2D eigenvalue weighted by Crippen LogP contribution is -2.44. The predicted molar refractivity (Wildman–Crippen MR) is 90.6 cm³/mol.